The minimum atomic E-state index is -0.472. The van der Waals surface area contributed by atoms with Crippen molar-refractivity contribution < 1.29 is 14.1 Å². The molecule has 2 rings (SSSR count). The fourth-order valence-electron chi connectivity index (χ4n) is 1.44. The van der Waals surface area contributed by atoms with Crippen LogP contribution in [0.3, 0.4) is 0 Å². The van der Waals surface area contributed by atoms with Gasteiger partial charge in [-0.05, 0) is 18.2 Å². The zero-order valence-electron chi connectivity index (χ0n) is 8.31. The molecule has 5 nitrogen and oxygen atoms in total. The van der Waals surface area contributed by atoms with Gasteiger partial charge >= 0.3 is 11.6 Å². The largest absolute Gasteiger partial charge is 0.465 e. The Labute approximate surface area is 84.8 Å². The topological polar surface area (TPSA) is 61.4 Å². The summed E-state index contributed by atoms with van der Waals surface area (Å²) in [5, 5.41) is 0.375. The molecule has 0 atom stereocenters. The van der Waals surface area contributed by atoms with Crippen molar-refractivity contribution in [1.82, 2.24) is 4.74 Å². The summed E-state index contributed by atoms with van der Waals surface area (Å²) in [5.41, 5.74) is 0.523. The Morgan fingerprint density at radius 1 is 1.47 bits per heavy atom. The van der Waals surface area contributed by atoms with E-state index in [1.165, 1.54) is 17.9 Å². The van der Waals surface area contributed by atoms with E-state index in [0.717, 1.165) is 0 Å². The number of aromatic nitrogens is 1. The van der Waals surface area contributed by atoms with Gasteiger partial charge in [-0.15, -0.1) is 0 Å². The van der Waals surface area contributed by atoms with E-state index in [-0.39, 0.29) is 0 Å². The molecule has 0 fully saturated rings. The van der Waals surface area contributed by atoms with Crippen molar-refractivity contribution in [3.63, 3.8) is 0 Å². The van der Waals surface area contributed by atoms with Crippen LogP contribution in [0.1, 0.15) is 10.4 Å². The lowest BCUT2D eigenvalue weighted by atomic mass is 10.1. The zero-order chi connectivity index (χ0) is 11.0. The molecule has 0 spiro atoms. The standard InChI is InChI=1S/C10H9NO4/c1-11-8-4-3-6(9(12)14-2)5-7(8)10(13)15-11/h3-5H,1-2H3. The molecule has 1 aromatic carbocycles. The third-order valence-electron chi connectivity index (χ3n) is 2.20. The van der Waals surface area contributed by atoms with E-state index in [2.05, 4.69) is 4.74 Å². The van der Waals surface area contributed by atoms with Crippen LogP contribution in [0.4, 0.5) is 0 Å². The second-order valence-electron chi connectivity index (χ2n) is 3.10. The number of nitrogens with zero attached hydrogens (tertiary/aromatic N) is 1. The predicted octanol–water partition coefficient (Wildman–Crippen LogP) is 0.918. The van der Waals surface area contributed by atoms with E-state index >= 15 is 0 Å². The van der Waals surface area contributed by atoms with Crippen LogP contribution < -0.4 is 5.63 Å². The summed E-state index contributed by atoms with van der Waals surface area (Å²) in [6.45, 7) is 0. The molecule has 0 saturated carbocycles. The first-order chi connectivity index (χ1) is 7.13. The maximum Gasteiger partial charge on any atom is 0.365 e. The maximum atomic E-state index is 11.3. The van der Waals surface area contributed by atoms with E-state index in [1.807, 2.05) is 0 Å². The Morgan fingerprint density at radius 3 is 2.87 bits per heavy atom. The summed E-state index contributed by atoms with van der Waals surface area (Å²) in [7, 11) is 2.92. The minimum Gasteiger partial charge on any atom is -0.465 e. The van der Waals surface area contributed by atoms with E-state index in [4.69, 9.17) is 4.52 Å². The van der Waals surface area contributed by atoms with Crippen LogP contribution in [-0.2, 0) is 11.8 Å². The lowest BCUT2D eigenvalue weighted by Gasteiger charge is -1.98. The van der Waals surface area contributed by atoms with Gasteiger partial charge in [0, 0.05) is 7.05 Å². The van der Waals surface area contributed by atoms with Crippen LogP contribution >= 0.6 is 0 Å². The smallest absolute Gasteiger partial charge is 0.365 e. The van der Waals surface area contributed by atoms with Crippen molar-refractivity contribution in [2.24, 2.45) is 7.05 Å². The number of ether oxygens (including phenoxy) is 1. The highest BCUT2D eigenvalue weighted by atomic mass is 16.5. The Kier molecular flexibility index (Phi) is 2.07. The molecule has 2 aromatic rings. The number of rotatable bonds is 1. The van der Waals surface area contributed by atoms with Gasteiger partial charge in [0.1, 0.15) is 0 Å². The van der Waals surface area contributed by atoms with Gasteiger partial charge in [-0.25, -0.2) is 14.3 Å². The van der Waals surface area contributed by atoms with Crippen LogP contribution in [0.2, 0.25) is 0 Å². The Bertz CT molecular complexity index is 579. The van der Waals surface area contributed by atoms with Crippen molar-refractivity contribution in [3.8, 4) is 0 Å². The van der Waals surface area contributed by atoms with E-state index in [1.54, 1.807) is 19.2 Å². The average molecular weight is 207 g/mol. The number of aryl methyl sites for hydroxylation is 1. The van der Waals surface area contributed by atoms with Crippen LogP contribution in [0.5, 0.6) is 0 Å². The van der Waals surface area contributed by atoms with Crippen LogP contribution in [0.15, 0.2) is 27.5 Å². The molecule has 1 aromatic heterocycles. The van der Waals surface area contributed by atoms with Gasteiger partial charge in [0.15, 0.2) is 0 Å². The third-order valence-corrected chi connectivity index (χ3v) is 2.20. The summed E-state index contributed by atoms with van der Waals surface area (Å²) >= 11 is 0. The van der Waals surface area contributed by atoms with Gasteiger partial charge in [0.05, 0.1) is 23.6 Å². The second kappa shape index (κ2) is 3.27. The van der Waals surface area contributed by atoms with Crippen molar-refractivity contribution in [2.75, 3.05) is 7.11 Å². The number of hydrogen-bond acceptors (Lipinski definition) is 4. The van der Waals surface area contributed by atoms with Gasteiger partial charge in [-0.3, -0.25) is 0 Å². The lowest BCUT2D eigenvalue weighted by Crippen LogP contribution is -2.01. The van der Waals surface area contributed by atoms with E-state index in [0.29, 0.717) is 16.5 Å². The van der Waals surface area contributed by atoms with Gasteiger partial charge in [-0.2, -0.15) is 0 Å². The molecule has 0 bridgehead atoms. The van der Waals surface area contributed by atoms with Gasteiger partial charge < -0.3 is 9.26 Å². The first-order valence-corrected chi connectivity index (χ1v) is 4.32. The number of fused-ring (bicyclic) bond motifs is 1. The van der Waals surface area contributed by atoms with Gasteiger partial charge in [0.25, 0.3) is 0 Å². The number of methoxy groups -OCH3 is 1. The summed E-state index contributed by atoms with van der Waals surface area (Å²) in [6, 6.07) is 4.70. The predicted molar refractivity (Wildman–Crippen MR) is 52.8 cm³/mol. The van der Waals surface area contributed by atoms with Crippen molar-refractivity contribution in [2.45, 2.75) is 0 Å². The highest BCUT2D eigenvalue weighted by Gasteiger charge is 2.11. The molecule has 0 aliphatic carbocycles. The Balaban J connectivity index is 2.71. The first kappa shape index (κ1) is 9.51. The van der Waals surface area contributed by atoms with Crippen LogP contribution in [0, 0.1) is 0 Å². The SMILES string of the molecule is COC(=O)c1ccc2c(c1)c(=O)on2C. The fourth-order valence-corrected chi connectivity index (χ4v) is 1.44. The number of esters is 1. The number of hydrogen-bond donors (Lipinski definition) is 0. The van der Waals surface area contributed by atoms with E-state index in [9.17, 15) is 9.59 Å². The molecule has 0 unspecified atom stereocenters. The maximum absolute atomic E-state index is 11.3. The molecule has 0 aliphatic rings. The molecule has 15 heavy (non-hydrogen) atoms. The van der Waals surface area contributed by atoms with E-state index < -0.39 is 11.6 Å². The monoisotopic (exact) mass is 207 g/mol. The molecular formula is C10H9NO4. The van der Waals surface area contributed by atoms with Crippen molar-refractivity contribution in [1.29, 1.82) is 0 Å². The molecule has 0 aliphatic heterocycles. The second-order valence-corrected chi connectivity index (χ2v) is 3.10. The average Bonchev–Trinajstić information content (AvgIpc) is 2.53. The molecule has 0 amide bonds. The molecule has 0 N–H and O–H groups in total. The molecule has 1 heterocycles. The summed E-state index contributed by atoms with van der Waals surface area (Å²) in [5.74, 6) is -0.472. The number of benzene rings is 1. The Hall–Kier alpha value is -2.04. The highest BCUT2D eigenvalue weighted by molar-refractivity contribution is 5.94. The summed E-state index contributed by atoms with van der Waals surface area (Å²) in [4.78, 5) is 22.5. The first-order valence-electron chi connectivity index (χ1n) is 4.32. The third kappa shape index (κ3) is 1.41. The van der Waals surface area contributed by atoms with Gasteiger partial charge in [0.2, 0.25) is 0 Å². The van der Waals surface area contributed by atoms with Crippen molar-refractivity contribution in [3.05, 3.63) is 34.2 Å². The molecule has 5 heteroatoms. The lowest BCUT2D eigenvalue weighted by molar-refractivity contribution is 0.0601. The minimum absolute atomic E-state index is 0.337. The summed E-state index contributed by atoms with van der Waals surface area (Å²) in [6.07, 6.45) is 0. The van der Waals surface area contributed by atoms with Crippen LogP contribution in [0.25, 0.3) is 10.9 Å². The van der Waals surface area contributed by atoms with Crippen molar-refractivity contribution >= 4 is 16.9 Å². The fraction of sp³-hybridized carbons (Fsp3) is 0.200. The van der Waals surface area contributed by atoms with Crippen LogP contribution in [-0.4, -0.2) is 17.8 Å². The quantitative estimate of drug-likeness (QED) is 0.652. The molecule has 78 valence electrons. The zero-order valence-corrected chi connectivity index (χ0v) is 8.31. The molecule has 0 radical (unpaired) electrons. The number of carbonyl (C=O) groups is 1. The highest BCUT2D eigenvalue weighted by Crippen LogP contribution is 2.13. The normalized spacial score (nSPS) is 10.5. The number of carbonyl (C=O) groups excluding carboxylic acids is 1. The van der Waals surface area contributed by atoms with Gasteiger partial charge in [-0.1, -0.05) is 0 Å². The Morgan fingerprint density at radius 2 is 2.20 bits per heavy atom. The molecule has 0 saturated heterocycles. The molecular weight excluding hydrogens is 198 g/mol. The summed E-state index contributed by atoms with van der Waals surface area (Å²) < 4.78 is 10.8.